The Bertz CT molecular complexity index is 3340. The molecule has 0 N–H and O–H groups in total. The summed E-state index contributed by atoms with van der Waals surface area (Å²) in [5, 5.41) is 0. The molecule has 3 heterocycles. The van der Waals surface area contributed by atoms with Crippen molar-refractivity contribution in [3.05, 3.63) is 248 Å². The fourth-order valence-corrected chi connectivity index (χ4v) is 8.57. The van der Waals surface area contributed by atoms with Gasteiger partial charge in [0.1, 0.15) is 25.4 Å². The van der Waals surface area contributed by atoms with Gasteiger partial charge in [-0.2, -0.15) is 4.39 Å². The standard InChI is InChI=1S/C57H45FN2O16/c1-34-43(58)48(61)60(50-47(76-56(67)40-30-18-7-19-31-40)45(74-54(65)38-26-14-5-15-27-38)42(72-50)33-70-52(63)36-22-10-3-11-23-36)57(68)59(34)49-46(75-55(66)39-28-16-6-17-29-39)44(73-53(64)37-24-12-4-13-25-37)41(71-49)32-69-51(62)35-20-8-2-9-21-35/h2-31,41-42,44-47,49-50H,32-33H2,1H3/t41-,42-,44-,45-,46-,47-,49-,50-/m1/s1. The molecule has 0 radical (unpaired) electrons. The number of aromatic nitrogens is 2. The van der Waals surface area contributed by atoms with Crippen molar-refractivity contribution in [3.63, 3.8) is 0 Å². The molecule has 386 valence electrons. The average Bonchev–Trinajstić information content (AvgIpc) is 4.04. The van der Waals surface area contributed by atoms with Crippen molar-refractivity contribution in [2.24, 2.45) is 0 Å². The predicted molar refractivity (Wildman–Crippen MR) is 264 cm³/mol. The molecule has 0 amide bonds. The molecule has 18 nitrogen and oxygen atoms in total. The van der Waals surface area contributed by atoms with Crippen molar-refractivity contribution in [3.8, 4) is 0 Å². The number of carbonyl (C=O) groups is 6. The Hall–Kier alpha value is -9.33. The first-order chi connectivity index (χ1) is 36.9. The topological polar surface area (TPSA) is 220 Å². The minimum Gasteiger partial charge on any atom is -0.459 e. The number of rotatable bonds is 16. The van der Waals surface area contributed by atoms with Crippen LogP contribution in [0, 0.1) is 12.7 Å². The Morgan fingerprint density at radius 3 is 0.974 bits per heavy atom. The Kier molecular flexibility index (Phi) is 15.8. The normalized spacial score (nSPS) is 20.7. The number of carbonyl (C=O) groups excluding carboxylic acids is 6. The van der Waals surface area contributed by atoms with Gasteiger partial charge in [0.05, 0.1) is 39.1 Å². The van der Waals surface area contributed by atoms with E-state index in [0.29, 0.717) is 4.57 Å². The zero-order valence-electron chi connectivity index (χ0n) is 40.2. The maximum atomic E-state index is 17.1. The van der Waals surface area contributed by atoms with Crippen LogP contribution in [0.5, 0.6) is 0 Å². The Labute approximate surface area is 431 Å². The number of ether oxygens (including phenoxy) is 8. The Balaban J connectivity index is 1.17. The number of halogens is 1. The molecule has 0 aliphatic carbocycles. The summed E-state index contributed by atoms with van der Waals surface area (Å²) in [4.78, 5) is 113. The first kappa shape index (κ1) is 51.6. The molecule has 7 aromatic rings. The van der Waals surface area contributed by atoms with E-state index >= 15 is 9.18 Å². The van der Waals surface area contributed by atoms with Crippen molar-refractivity contribution >= 4 is 35.8 Å². The van der Waals surface area contributed by atoms with Crippen molar-refractivity contribution < 1.29 is 71.1 Å². The summed E-state index contributed by atoms with van der Waals surface area (Å²) in [5.74, 6) is -7.34. The monoisotopic (exact) mass is 1030 g/mol. The lowest BCUT2D eigenvalue weighted by atomic mass is 10.1. The fraction of sp³-hybridized carbons (Fsp3) is 0.193. The van der Waals surface area contributed by atoms with Crippen molar-refractivity contribution in [2.75, 3.05) is 13.2 Å². The third-order valence-corrected chi connectivity index (χ3v) is 12.4. The van der Waals surface area contributed by atoms with Crippen LogP contribution in [0.25, 0.3) is 0 Å². The molecule has 2 aliphatic heterocycles. The molecule has 2 fully saturated rings. The van der Waals surface area contributed by atoms with Gasteiger partial charge in [0, 0.05) is 0 Å². The van der Waals surface area contributed by atoms with Gasteiger partial charge in [0.15, 0.2) is 36.9 Å². The predicted octanol–water partition coefficient (Wildman–Crippen LogP) is 6.87. The largest absolute Gasteiger partial charge is 0.459 e. The number of hydrogen-bond acceptors (Lipinski definition) is 16. The molecule has 6 aromatic carbocycles. The molecule has 2 aliphatic rings. The van der Waals surface area contributed by atoms with Crippen LogP contribution < -0.4 is 11.2 Å². The van der Waals surface area contributed by atoms with Crippen LogP contribution in [0.15, 0.2) is 192 Å². The maximum absolute atomic E-state index is 17.1. The minimum absolute atomic E-state index is 0.00825. The summed E-state index contributed by atoms with van der Waals surface area (Å²) in [7, 11) is 0. The molecule has 0 spiro atoms. The summed E-state index contributed by atoms with van der Waals surface area (Å²) < 4.78 is 65.9. The second-order valence-electron chi connectivity index (χ2n) is 17.2. The zero-order chi connectivity index (χ0) is 53.3. The Morgan fingerprint density at radius 1 is 0.408 bits per heavy atom. The molecule has 8 atom stereocenters. The van der Waals surface area contributed by atoms with Gasteiger partial charge in [-0.25, -0.2) is 38.1 Å². The van der Waals surface area contributed by atoms with Crippen LogP contribution in [0.4, 0.5) is 4.39 Å². The first-order valence-corrected chi connectivity index (χ1v) is 23.7. The van der Waals surface area contributed by atoms with E-state index in [1.807, 2.05) is 0 Å². The second kappa shape index (κ2) is 23.3. The highest BCUT2D eigenvalue weighted by atomic mass is 19.1. The third kappa shape index (κ3) is 11.2. The molecular weight excluding hydrogens is 988 g/mol. The summed E-state index contributed by atoms with van der Waals surface area (Å²) in [6, 6.07) is 45.8. The maximum Gasteiger partial charge on any atom is 0.338 e. The van der Waals surface area contributed by atoms with Crippen LogP contribution in [-0.4, -0.2) is 94.8 Å². The summed E-state index contributed by atoms with van der Waals surface area (Å²) in [5.41, 5.74) is -3.51. The van der Waals surface area contributed by atoms with Crippen LogP contribution in [-0.2, 0) is 37.9 Å². The van der Waals surface area contributed by atoms with Gasteiger partial charge >= 0.3 is 41.5 Å². The third-order valence-electron chi connectivity index (χ3n) is 12.4. The smallest absolute Gasteiger partial charge is 0.338 e. The molecular formula is C57H45FN2O16. The highest BCUT2D eigenvalue weighted by Crippen LogP contribution is 2.38. The number of hydrogen-bond donors (Lipinski definition) is 0. The van der Waals surface area contributed by atoms with Gasteiger partial charge in [-0.3, -0.25) is 9.36 Å². The van der Waals surface area contributed by atoms with Gasteiger partial charge in [-0.1, -0.05) is 109 Å². The van der Waals surface area contributed by atoms with E-state index in [2.05, 4.69) is 0 Å². The van der Waals surface area contributed by atoms with E-state index in [4.69, 9.17) is 37.9 Å². The summed E-state index contributed by atoms with van der Waals surface area (Å²) in [6.07, 6.45) is -14.8. The van der Waals surface area contributed by atoms with Gasteiger partial charge in [-0.15, -0.1) is 0 Å². The molecule has 19 heteroatoms. The van der Waals surface area contributed by atoms with E-state index in [9.17, 15) is 33.6 Å². The molecule has 2 saturated heterocycles. The number of nitrogens with zero attached hydrogens (tertiary/aromatic N) is 2. The van der Waals surface area contributed by atoms with E-state index in [1.165, 1.54) is 84.9 Å². The van der Waals surface area contributed by atoms with E-state index in [1.54, 1.807) is 97.1 Å². The lowest BCUT2D eigenvalue weighted by Gasteiger charge is -2.28. The van der Waals surface area contributed by atoms with E-state index in [-0.39, 0.29) is 37.9 Å². The molecule has 0 unspecified atom stereocenters. The van der Waals surface area contributed by atoms with Crippen molar-refractivity contribution in [1.82, 2.24) is 9.13 Å². The molecule has 76 heavy (non-hydrogen) atoms. The van der Waals surface area contributed by atoms with Crippen LogP contribution in [0.1, 0.15) is 80.3 Å². The fourth-order valence-electron chi connectivity index (χ4n) is 8.57. The van der Waals surface area contributed by atoms with Crippen molar-refractivity contribution in [1.29, 1.82) is 0 Å². The van der Waals surface area contributed by atoms with E-state index in [0.717, 1.165) is 6.92 Å². The zero-order valence-corrected chi connectivity index (χ0v) is 40.2. The molecule has 0 saturated carbocycles. The lowest BCUT2D eigenvalue weighted by molar-refractivity contribution is -0.0773. The number of benzene rings is 6. The van der Waals surface area contributed by atoms with Crippen LogP contribution in [0.2, 0.25) is 0 Å². The van der Waals surface area contributed by atoms with Crippen LogP contribution in [0.3, 0.4) is 0 Å². The van der Waals surface area contributed by atoms with Gasteiger partial charge in [0.2, 0.25) is 5.82 Å². The van der Waals surface area contributed by atoms with E-state index < -0.39 is 121 Å². The quantitative estimate of drug-likeness (QED) is 0.0712. The average molecular weight is 1030 g/mol. The molecule has 1 aromatic heterocycles. The molecule has 0 bridgehead atoms. The highest BCUT2D eigenvalue weighted by Gasteiger charge is 2.55. The summed E-state index contributed by atoms with van der Waals surface area (Å²) in [6.45, 7) is -0.392. The highest BCUT2D eigenvalue weighted by molar-refractivity contribution is 5.92. The number of esters is 6. The van der Waals surface area contributed by atoms with Gasteiger partial charge < -0.3 is 37.9 Å². The summed E-state index contributed by atoms with van der Waals surface area (Å²) >= 11 is 0. The minimum atomic E-state index is -2.18. The van der Waals surface area contributed by atoms with Gasteiger partial charge in [0.25, 0.3) is 5.56 Å². The van der Waals surface area contributed by atoms with Crippen molar-refractivity contribution in [2.45, 2.75) is 56.0 Å². The van der Waals surface area contributed by atoms with Gasteiger partial charge in [-0.05, 0) is 79.7 Å². The molecule has 9 rings (SSSR count). The van der Waals surface area contributed by atoms with Crippen LogP contribution >= 0.6 is 0 Å². The second-order valence-corrected chi connectivity index (χ2v) is 17.2. The SMILES string of the molecule is Cc1c(F)c(=O)n([C@@H]2O[C@H](COC(=O)c3ccccc3)[C@@H](OC(=O)c3ccccc3)[C@H]2OC(=O)c2ccccc2)c(=O)n1[C@@H]1O[C@H](COC(=O)c2ccccc2)[C@@H](OC(=O)c2ccccc2)[C@H]1OC(=O)c1ccccc1. The first-order valence-electron chi connectivity index (χ1n) is 23.7. The lowest BCUT2D eigenvalue weighted by Crippen LogP contribution is -2.51. The Morgan fingerprint density at radius 2 is 0.671 bits per heavy atom.